The molecule has 1 fully saturated rings. The molecule has 2 heterocycles. The van der Waals surface area contributed by atoms with E-state index >= 15 is 0 Å². The molecule has 11 heteroatoms. The van der Waals surface area contributed by atoms with E-state index in [4.69, 9.17) is 11.6 Å². The minimum absolute atomic E-state index is 0.146. The molecule has 4 rings (SSSR count). The maximum Gasteiger partial charge on any atom is 0.264 e. The molecule has 2 aromatic rings. The summed E-state index contributed by atoms with van der Waals surface area (Å²) >= 11 is 5.88. The number of nitrogens with zero attached hydrogens (tertiary/aromatic N) is 2. The zero-order valence-corrected chi connectivity index (χ0v) is 19.9. The molecule has 1 amide bonds. The molecule has 2 aliphatic rings. The molecule has 0 bridgehead atoms. The first-order valence-corrected chi connectivity index (χ1v) is 13.9. The lowest BCUT2D eigenvalue weighted by Crippen LogP contribution is -2.43. The van der Waals surface area contributed by atoms with Crippen molar-refractivity contribution in [2.75, 3.05) is 35.5 Å². The van der Waals surface area contributed by atoms with E-state index in [9.17, 15) is 21.6 Å². The van der Waals surface area contributed by atoms with Crippen molar-refractivity contribution in [2.24, 2.45) is 5.92 Å². The lowest BCUT2D eigenvalue weighted by Gasteiger charge is -2.30. The van der Waals surface area contributed by atoms with Gasteiger partial charge in [0.15, 0.2) is 0 Å². The van der Waals surface area contributed by atoms with Crippen molar-refractivity contribution in [3.8, 4) is 0 Å². The summed E-state index contributed by atoms with van der Waals surface area (Å²) in [6.45, 7) is 0.870. The van der Waals surface area contributed by atoms with Crippen LogP contribution in [0.15, 0.2) is 47.4 Å². The minimum Gasteiger partial charge on any atom is -0.326 e. The molecular formula is C21H24ClN3O5S2. The fourth-order valence-electron chi connectivity index (χ4n) is 4.11. The van der Waals surface area contributed by atoms with Gasteiger partial charge < -0.3 is 5.32 Å². The van der Waals surface area contributed by atoms with Crippen molar-refractivity contribution in [3.63, 3.8) is 0 Å². The molecule has 0 aliphatic carbocycles. The highest BCUT2D eigenvalue weighted by atomic mass is 35.5. The number of hydrogen-bond acceptors (Lipinski definition) is 5. The van der Waals surface area contributed by atoms with Crippen LogP contribution in [-0.4, -0.2) is 52.9 Å². The van der Waals surface area contributed by atoms with Crippen LogP contribution in [0, 0.1) is 5.92 Å². The number of hydrogen-bond donors (Lipinski definition) is 1. The first-order valence-electron chi connectivity index (χ1n) is 10.2. The number of halogens is 1. The van der Waals surface area contributed by atoms with Crippen LogP contribution in [0.25, 0.3) is 0 Å². The van der Waals surface area contributed by atoms with E-state index in [0.717, 1.165) is 11.8 Å². The van der Waals surface area contributed by atoms with Crippen molar-refractivity contribution in [1.82, 2.24) is 4.31 Å². The monoisotopic (exact) mass is 497 g/mol. The van der Waals surface area contributed by atoms with Crippen LogP contribution in [0.4, 0.5) is 11.4 Å². The summed E-state index contributed by atoms with van der Waals surface area (Å²) < 4.78 is 52.6. The normalized spacial score (nSPS) is 19.6. The fourth-order valence-corrected chi connectivity index (χ4v) is 6.65. The Balaban J connectivity index is 1.54. The van der Waals surface area contributed by atoms with E-state index < -0.39 is 26.0 Å². The molecule has 0 spiro atoms. The van der Waals surface area contributed by atoms with Gasteiger partial charge in [-0.05, 0) is 61.2 Å². The SMILES string of the molecule is CS(=O)(=O)N1CCC[C@@H](C(=O)Nc2ccc3c(c2)N(S(=O)(=O)c2ccc(Cl)cc2)CC3)C1. The van der Waals surface area contributed by atoms with E-state index in [1.54, 1.807) is 12.1 Å². The van der Waals surface area contributed by atoms with Crippen molar-refractivity contribution >= 4 is 48.9 Å². The largest absolute Gasteiger partial charge is 0.326 e. The molecule has 0 unspecified atom stereocenters. The molecule has 2 aromatic carbocycles. The number of carbonyl (C=O) groups excluding carboxylic acids is 1. The summed E-state index contributed by atoms with van der Waals surface area (Å²) in [5, 5.41) is 3.29. The summed E-state index contributed by atoms with van der Waals surface area (Å²) in [5.41, 5.74) is 1.88. The summed E-state index contributed by atoms with van der Waals surface area (Å²) in [6.07, 6.45) is 2.92. The molecule has 172 valence electrons. The number of piperidine rings is 1. The Labute approximate surface area is 193 Å². The fraction of sp³-hybridized carbons (Fsp3) is 0.381. The predicted molar refractivity (Wildman–Crippen MR) is 124 cm³/mol. The Morgan fingerprint density at radius 1 is 1.06 bits per heavy atom. The van der Waals surface area contributed by atoms with Crippen molar-refractivity contribution in [2.45, 2.75) is 24.2 Å². The van der Waals surface area contributed by atoms with Crippen LogP contribution in [-0.2, 0) is 31.3 Å². The Bertz CT molecular complexity index is 1250. The van der Waals surface area contributed by atoms with Gasteiger partial charge in [-0.3, -0.25) is 9.10 Å². The van der Waals surface area contributed by atoms with E-state index in [-0.39, 0.29) is 17.3 Å². The maximum absolute atomic E-state index is 13.2. The maximum atomic E-state index is 13.2. The number of fused-ring (bicyclic) bond motifs is 1. The lowest BCUT2D eigenvalue weighted by atomic mass is 9.98. The van der Waals surface area contributed by atoms with E-state index in [1.807, 2.05) is 6.07 Å². The number of anilines is 2. The summed E-state index contributed by atoms with van der Waals surface area (Å²) in [4.78, 5) is 12.9. The minimum atomic E-state index is -3.77. The summed E-state index contributed by atoms with van der Waals surface area (Å²) in [6, 6.07) is 11.2. The quantitative estimate of drug-likeness (QED) is 0.684. The van der Waals surface area contributed by atoms with Crippen LogP contribution >= 0.6 is 11.6 Å². The van der Waals surface area contributed by atoms with Crippen LogP contribution in [0.2, 0.25) is 5.02 Å². The van der Waals surface area contributed by atoms with Crippen LogP contribution in [0.3, 0.4) is 0 Å². The number of benzene rings is 2. The van der Waals surface area contributed by atoms with Gasteiger partial charge in [-0.15, -0.1) is 0 Å². The number of carbonyl (C=O) groups is 1. The first-order chi connectivity index (χ1) is 15.1. The van der Waals surface area contributed by atoms with Gasteiger partial charge in [0.2, 0.25) is 15.9 Å². The first kappa shape index (κ1) is 23.0. The molecule has 0 saturated carbocycles. The Hall–Kier alpha value is -2.14. The van der Waals surface area contributed by atoms with Gasteiger partial charge in [-0.25, -0.2) is 21.1 Å². The smallest absolute Gasteiger partial charge is 0.264 e. The molecule has 0 radical (unpaired) electrons. The van der Waals surface area contributed by atoms with Gasteiger partial charge in [0.1, 0.15) is 0 Å². The molecular weight excluding hydrogens is 474 g/mol. The van der Waals surface area contributed by atoms with E-state index in [1.165, 1.54) is 32.9 Å². The average Bonchev–Trinajstić information content (AvgIpc) is 3.17. The van der Waals surface area contributed by atoms with Gasteiger partial charge in [0.05, 0.1) is 22.8 Å². The van der Waals surface area contributed by atoms with Crippen LogP contribution in [0.1, 0.15) is 18.4 Å². The van der Waals surface area contributed by atoms with Crippen molar-refractivity contribution in [3.05, 3.63) is 53.1 Å². The third-order valence-corrected chi connectivity index (χ3v) is 9.18. The summed E-state index contributed by atoms with van der Waals surface area (Å²) in [7, 11) is -7.12. The Morgan fingerprint density at radius 3 is 2.47 bits per heavy atom. The van der Waals surface area contributed by atoms with Gasteiger partial charge >= 0.3 is 0 Å². The number of sulfonamides is 2. The second-order valence-electron chi connectivity index (χ2n) is 8.07. The Kier molecular flexibility index (Phi) is 6.23. The van der Waals surface area contributed by atoms with Gasteiger partial charge in [0, 0.05) is 30.3 Å². The van der Waals surface area contributed by atoms with Crippen LogP contribution < -0.4 is 9.62 Å². The number of amides is 1. The molecule has 1 N–H and O–H groups in total. The highest BCUT2D eigenvalue weighted by Gasteiger charge is 2.33. The highest BCUT2D eigenvalue weighted by Crippen LogP contribution is 2.35. The molecule has 1 saturated heterocycles. The molecule has 8 nitrogen and oxygen atoms in total. The molecule has 0 aromatic heterocycles. The zero-order valence-electron chi connectivity index (χ0n) is 17.5. The highest BCUT2D eigenvalue weighted by molar-refractivity contribution is 7.92. The lowest BCUT2D eigenvalue weighted by molar-refractivity contribution is -0.120. The third-order valence-electron chi connectivity index (χ3n) is 5.83. The second-order valence-corrected chi connectivity index (χ2v) is 12.4. The Morgan fingerprint density at radius 2 is 1.78 bits per heavy atom. The van der Waals surface area contributed by atoms with Crippen molar-refractivity contribution in [1.29, 1.82) is 0 Å². The van der Waals surface area contributed by atoms with E-state index in [2.05, 4.69) is 5.32 Å². The summed E-state index contributed by atoms with van der Waals surface area (Å²) in [5.74, 6) is -0.732. The zero-order chi connectivity index (χ0) is 23.1. The standard InChI is InChI=1S/C21H24ClN3O5S2/c1-31(27,28)24-11-2-3-16(14-24)21(26)23-18-7-4-15-10-12-25(20(15)13-18)32(29,30)19-8-5-17(22)6-9-19/h4-9,13,16H,2-3,10-12,14H2,1H3,(H,23,26)/t16-/m1/s1. The second kappa shape index (κ2) is 8.66. The average molecular weight is 498 g/mol. The third kappa shape index (κ3) is 4.63. The number of nitrogens with one attached hydrogen (secondary N) is 1. The topological polar surface area (TPSA) is 104 Å². The molecule has 2 aliphatic heterocycles. The molecule has 32 heavy (non-hydrogen) atoms. The van der Waals surface area contributed by atoms with Gasteiger partial charge in [-0.2, -0.15) is 0 Å². The van der Waals surface area contributed by atoms with Gasteiger partial charge in [-0.1, -0.05) is 17.7 Å². The van der Waals surface area contributed by atoms with Gasteiger partial charge in [0.25, 0.3) is 10.0 Å². The predicted octanol–water partition coefficient (Wildman–Crippen LogP) is 2.70. The van der Waals surface area contributed by atoms with Crippen molar-refractivity contribution < 1.29 is 21.6 Å². The molecule has 1 atom stereocenters. The van der Waals surface area contributed by atoms with E-state index in [0.29, 0.717) is 48.7 Å². The van der Waals surface area contributed by atoms with Crippen LogP contribution in [0.5, 0.6) is 0 Å². The number of rotatable bonds is 5.